The van der Waals surface area contributed by atoms with Gasteiger partial charge in [-0.05, 0) is 18.6 Å². The lowest BCUT2D eigenvalue weighted by atomic mass is 10.1. The molecule has 2 heterocycles. The standard InChI is InChI=1S/C18H18ClFN4O2/c1-2-4-15-10-24(17-21-8-13(19)9-22-17)18(26)23(15)11-16(25)12-5-3-6-14(20)7-12/h3,5-9,15H,2,4,10-11H2,1H3/t15-/m0/s1. The molecule has 6 nitrogen and oxygen atoms in total. The third-order valence-electron chi connectivity index (χ3n) is 4.24. The van der Waals surface area contributed by atoms with Crippen LogP contribution in [-0.4, -0.2) is 45.8 Å². The summed E-state index contributed by atoms with van der Waals surface area (Å²) in [6, 6.07) is 5.00. The number of halogens is 2. The lowest BCUT2D eigenvalue weighted by molar-refractivity contribution is 0.0935. The van der Waals surface area contributed by atoms with Gasteiger partial charge in [0.25, 0.3) is 0 Å². The van der Waals surface area contributed by atoms with Gasteiger partial charge in [-0.1, -0.05) is 37.1 Å². The van der Waals surface area contributed by atoms with Crippen LogP contribution in [0, 0.1) is 5.82 Å². The van der Waals surface area contributed by atoms with Crippen LogP contribution >= 0.6 is 11.6 Å². The predicted molar refractivity (Wildman–Crippen MR) is 95.9 cm³/mol. The lowest BCUT2D eigenvalue weighted by Gasteiger charge is -2.22. The van der Waals surface area contributed by atoms with E-state index in [0.717, 1.165) is 12.8 Å². The Morgan fingerprint density at radius 2 is 2.08 bits per heavy atom. The Labute approximate surface area is 155 Å². The molecule has 1 aliphatic rings. The van der Waals surface area contributed by atoms with Crippen LogP contribution in [-0.2, 0) is 0 Å². The van der Waals surface area contributed by atoms with Gasteiger partial charge in [0, 0.05) is 5.56 Å². The number of urea groups is 1. The summed E-state index contributed by atoms with van der Waals surface area (Å²) in [6.45, 7) is 2.29. The van der Waals surface area contributed by atoms with Crippen molar-refractivity contribution in [1.29, 1.82) is 0 Å². The first-order valence-corrected chi connectivity index (χ1v) is 8.72. The smallest absolute Gasteiger partial charge is 0.312 e. The second-order valence-corrected chi connectivity index (χ2v) is 6.53. The molecule has 0 saturated carbocycles. The van der Waals surface area contributed by atoms with E-state index in [4.69, 9.17) is 11.6 Å². The molecule has 1 aliphatic heterocycles. The van der Waals surface area contributed by atoms with E-state index in [1.165, 1.54) is 40.4 Å². The SMILES string of the molecule is CCC[C@H]1CN(c2ncc(Cl)cn2)C(=O)N1CC(=O)c1cccc(F)c1. The Morgan fingerprint density at radius 3 is 2.73 bits per heavy atom. The maximum absolute atomic E-state index is 13.4. The van der Waals surface area contributed by atoms with E-state index in [1.54, 1.807) is 6.07 Å². The largest absolute Gasteiger partial charge is 0.327 e. The molecular formula is C18H18ClFN4O2. The molecule has 1 aromatic heterocycles. The zero-order chi connectivity index (χ0) is 18.7. The number of hydrogen-bond acceptors (Lipinski definition) is 4. The number of nitrogens with zero attached hydrogens (tertiary/aromatic N) is 4. The Morgan fingerprint density at radius 1 is 1.35 bits per heavy atom. The molecule has 2 aromatic rings. The number of ketones is 1. The van der Waals surface area contributed by atoms with Crippen molar-refractivity contribution in [3.63, 3.8) is 0 Å². The number of hydrogen-bond donors (Lipinski definition) is 0. The van der Waals surface area contributed by atoms with Crippen molar-refractivity contribution in [2.75, 3.05) is 18.0 Å². The fraction of sp³-hybridized carbons (Fsp3) is 0.333. The summed E-state index contributed by atoms with van der Waals surface area (Å²) in [5.74, 6) is -0.538. The monoisotopic (exact) mass is 376 g/mol. The van der Waals surface area contributed by atoms with Crippen LogP contribution in [0.3, 0.4) is 0 Å². The zero-order valence-electron chi connectivity index (χ0n) is 14.2. The van der Waals surface area contributed by atoms with Crippen LogP contribution in [0.1, 0.15) is 30.1 Å². The molecule has 0 spiro atoms. The minimum atomic E-state index is -0.482. The number of anilines is 1. The molecule has 1 saturated heterocycles. The summed E-state index contributed by atoms with van der Waals surface area (Å²) in [7, 11) is 0. The van der Waals surface area contributed by atoms with Crippen LogP contribution in [0.5, 0.6) is 0 Å². The highest BCUT2D eigenvalue weighted by molar-refractivity contribution is 6.30. The topological polar surface area (TPSA) is 66.4 Å². The van der Waals surface area contributed by atoms with E-state index in [-0.39, 0.29) is 35.9 Å². The van der Waals surface area contributed by atoms with Gasteiger partial charge in [-0.25, -0.2) is 19.2 Å². The number of benzene rings is 1. The predicted octanol–water partition coefficient (Wildman–Crippen LogP) is 3.56. The van der Waals surface area contributed by atoms with Crippen LogP contribution in [0.25, 0.3) is 0 Å². The highest BCUT2D eigenvalue weighted by Crippen LogP contribution is 2.24. The van der Waals surface area contributed by atoms with Crippen LogP contribution in [0.15, 0.2) is 36.7 Å². The van der Waals surface area contributed by atoms with Gasteiger partial charge >= 0.3 is 6.03 Å². The summed E-state index contributed by atoms with van der Waals surface area (Å²) in [6.07, 6.45) is 4.45. The van der Waals surface area contributed by atoms with E-state index in [0.29, 0.717) is 11.6 Å². The molecule has 0 unspecified atom stereocenters. The van der Waals surface area contributed by atoms with Gasteiger partial charge in [0.05, 0.1) is 36.5 Å². The van der Waals surface area contributed by atoms with E-state index >= 15 is 0 Å². The van der Waals surface area contributed by atoms with E-state index < -0.39 is 5.82 Å². The normalized spacial score (nSPS) is 17.0. The van der Waals surface area contributed by atoms with E-state index in [1.807, 2.05) is 6.92 Å². The van der Waals surface area contributed by atoms with Gasteiger partial charge in [0.15, 0.2) is 5.78 Å². The second kappa shape index (κ2) is 7.78. The molecule has 1 fully saturated rings. The van der Waals surface area contributed by atoms with Gasteiger partial charge in [-0.3, -0.25) is 9.69 Å². The molecular weight excluding hydrogens is 359 g/mol. The van der Waals surface area contributed by atoms with Crippen molar-refractivity contribution in [2.24, 2.45) is 0 Å². The molecule has 26 heavy (non-hydrogen) atoms. The maximum atomic E-state index is 13.4. The number of Topliss-reactive ketones (excluding diaryl/α,β-unsaturated/α-hetero) is 1. The summed E-state index contributed by atoms with van der Waals surface area (Å²) in [4.78, 5) is 36.5. The van der Waals surface area contributed by atoms with Crippen molar-refractivity contribution in [2.45, 2.75) is 25.8 Å². The van der Waals surface area contributed by atoms with Gasteiger partial charge in [0.1, 0.15) is 5.82 Å². The number of rotatable bonds is 6. The van der Waals surface area contributed by atoms with Crippen molar-refractivity contribution in [3.05, 3.63) is 53.1 Å². The fourth-order valence-corrected chi connectivity index (χ4v) is 3.09. The average Bonchev–Trinajstić information content (AvgIpc) is 2.92. The fourth-order valence-electron chi connectivity index (χ4n) is 3.00. The molecule has 1 atom stereocenters. The molecule has 0 radical (unpaired) electrons. The summed E-state index contributed by atoms with van der Waals surface area (Å²) in [5.41, 5.74) is 0.245. The minimum absolute atomic E-state index is 0.114. The Kier molecular flexibility index (Phi) is 5.46. The van der Waals surface area contributed by atoms with Crippen molar-refractivity contribution in [1.82, 2.24) is 14.9 Å². The van der Waals surface area contributed by atoms with Crippen molar-refractivity contribution < 1.29 is 14.0 Å². The minimum Gasteiger partial charge on any atom is -0.312 e. The molecule has 8 heteroatoms. The van der Waals surface area contributed by atoms with Gasteiger partial charge in [-0.2, -0.15) is 0 Å². The first-order valence-electron chi connectivity index (χ1n) is 8.34. The van der Waals surface area contributed by atoms with Crippen LogP contribution in [0.2, 0.25) is 5.02 Å². The summed E-state index contributed by atoms with van der Waals surface area (Å²) >= 11 is 5.80. The summed E-state index contributed by atoms with van der Waals surface area (Å²) < 4.78 is 13.4. The second-order valence-electron chi connectivity index (χ2n) is 6.10. The van der Waals surface area contributed by atoms with Crippen LogP contribution < -0.4 is 4.90 Å². The van der Waals surface area contributed by atoms with Gasteiger partial charge in [0.2, 0.25) is 5.95 Å². The number of amides is 2. The first kappa shape index (κ1) is 18.3. The molecule has 2 amide bonds. The van der Waals surface area contributed by atoms with Gasteiger partial charge in [-0.15, -0.1) is 0 Å². The molecule has 0 bridgehead atoms. The third-order valence-corrected chi connectivity index (χ3v) is 4.44. The van der Waals surface area contributed by atoms with Crippen molar-refractivity contribution in [3.8, 4) is 0 Å². The van der Waals surface area contributed by atoms with Gasteiger partial charge < -0.3 is 4.90 Å². The maximum Gasteiger partial charge on any atom is 0.327 e. The van der Waals surface area contributed by atoms with E-state index in [2.05, 4.69) is 9.97 Å². The lowest BCUT2D eigenvalue weighted by Crippen LogP contribution is -2.39. The quantitative estimate of drug-likeness (QED) is 0.723. The molecule has 136 valence electrons. The molecule has 0 N–H and O–H groups in total. The van der Waals surface area contributed by atoms with Crippen molar-refractivity contribution >= 4 is 29.4 Å². The number of carbonyl (C=O) groups excluding carboxylic acids is 2. The average molecular weight is 377 g/mol. The number of aromatic nitrogens is 2. The third kappa shape index (κ3) is 3.83. The Balaban J connectivity index is 1.80. The highest BCUT2D eigenvalue weighted by Gasteiger charge is 2.39. The zero-order valence-corrected chi connectivity index (χ0v) is 15.0. The molecule has 3 rings (SSSR count). The first-order chi connectivity index (χ1) is 12.5. The molecule has 0 aliphatic carbocycles. The van der Waals surface area contributed by atoms with Crippen LogP contribution in [0.4, 0.5) is 15.1 Å². The number of carbonyl (C=O) groups is 2. The molecule has 1 aromatic carbocycles. The Hall–Kier alpha value is -2.54. The highest BCUT2D eigenvalue weighted by atomic mass is 35.5. The Bertz CT molecular complexity index is 815. The van der Waals surface area contributed by atoms with E-state index in [9.17, 15) is 14.0 Å². The summed E-state index contributed by atoms with van der Waals surface area (Å²) in [5, 5.41) is 0.378.